The number of unbranched alkanes of at least 4 members (excludes halogenated alkanes) is 3. The van der Waals surface area contributed by atoms with Gasteiger partial charge in [-0.3, -0.25) is 24.1 Å². The third-order valence-electron chi connectivity index (χ3n) is 6.15. The maximum atomic E-state index is 12.8. The number of carbonyl (C=O) groups is 1. The number of pyridine rings is 1. The Labute approximate surface area is 203 Å². The van der Waals surface area contributed by atoms with Crippen LogP contribution in [0.15, 0.2) is 46.1 Å². The Bertz CT molecular complexity index is 1450. The molecule has 0 spiro atoms. The molecule has 35 heavy (non-hydrogen) atoms. The highest BCUT2D eigenvalue weighted by atomic mass is 16.2. The van der Waals surface area contributed by atoms with Gasteiger partial charge in [0, 0.05) is 43.2 Å². The van der Waals surface area contributed by atoms with Gasteiger partial charge in [-0.1, -0.05) is 39.2 Å². The second-order valence-corrected chi connectivity index (χ2v) is 8.78. The van der Waals surface area contributed by atoms with Crippen molar-refractivity contribution in [1.29, 1.82) is 0 Å². The summed E-state index contributed by atoms with van der Waals surface area (Å²) in [5.74, 6) is 0.507. The molecule has 4 rings (SSSR count). The van der Waals surface area contributed by atoms with Crippen molar-refractivity contribution in [3.8, 4) is 0 Å². The predicted octanol–water partition coefficient (Wildman–Crippen LogP) is 4.00. The van der Waals surface area contributed by atoms with E-state index in [-0.39, 0.29) is 12.3 Å². The lowest BCUT2D eigenvalue weighted by Gasteiger charge is -2.09. The number of aromatic nitrogens is 5. The molecule has 0 saturated heterocycles. The molecule has 3 heterocycles. The number of H-pyrrole nitrogens is 1. The van der Waals surface area contributed by atoms with E-state index >= 15 is 0 Å². The Morgan fingerprint density at radius 3 is 2.63 bits per heavy atom. The van der Waals surface area contributed by atoms with E-state index < -0.39 is 11.2 Å². The summed E-state index contributed by atoms with van der Waals surface area (Å²) in [7, 11) is 0. The third-order valence-corrected chi connectivity index (χ3v) is 6.15. The van der Waals surface area contributed by atoms with Gasteiger partial charge in [0.25, 0.3) is 5.56 Å². The van der Waals surface area contributed by atoms with Gasteiger partial charge in [-0.05, 0) is 37.1 Å². The number of anilines is 1. The van der Waals surface area contributed by atoms with Crippen LogP contribution in [0.2, 0.25) is 0 Å². The number of fused-ring (bicyclic) bond motifs is 2. The van der Waals surface area contributed by atoms with Crippen LogP contribution in [0.25, 0.3) is 22.1 Å². The number of nitrogens with zero attached hydrogens (tertiary/aromatic N) is 4. The van der Waals surface area contributed by atoms with Gasteiger partial charge in [-0.2, -0.15) is 0 Å². The van der Waals surface area contributed by atoms with Gasteiger partial charge in [0.15, 0.2) is 11.2 Å². The molecule has 1 aromatic carbocycles. The number of hydrogen-bond acceptors (Lipinski definition) is 5. The van der Waals surface area contributed by atoms with E-state index in [4.69, 9.17) is 4.98 Å². The van der Waals surface area contributed by atoms with Crippen molar-refractivity contribution in [2.24, 2.45) is 0 Å². The van der Waals surface area contributed by atoms with Crippen molar-refractivity contribution >= 4 is 33.7 Å². The SMILES string of the molecule is CCCCCn1c(CCC(=O)Nc2ccc3ncccc3c2)nc2c1c(=O)[nH]c(=O)n2CCCC. The maximum Gasteiger partial charge on any atom is 0.330 e. The summed E-state index contributed by atoms with van der Waals surface area (Å²) in [4.78, 5) is 49.5. The number of carbonyl (C=O) groups excluding carboxylic acids is 1. The number of hydrogen-bond donors (Lipinski definition) is 2. The van der Waals surface area contributed by atoms with Crippen LogP contribution in [0.3, 0.4) is 0 Å². The fraction of sp³-hybridized carbons (Fsp3) is 0.423. The topological polar surface area (TPSA) is 115 Å². The normalized spacial score (nSPS) is 11.4. The number of rotatable bonds is 11. The van der Waals surface area contributed by atoms with E-state index in [1.165, 1.54) is 0 Å². The fourth-order valence-electron chi connectivity index (χ4n) is 4.30. The first-order valence-corrected chi connectivity index (χ1v) is 12.4. The van der Waals surface area contributed by atoms with E-state index in [0.29, 0.717) is 42.2 Å². The Morgan fingerprint density at radius 2 is 1.83 bits per heavy atom. The van der Waals surface area contributed by atoms with E-state index in [9.17, 15) is 14.4 Å². The molecular formula is C26H32N6O3. The molecule has 0 atom stereocenters. The summed E-state index contributed by atoms with van der Waals surface area (Å²) >= 11 is 0. The van der Waals surface area contributed by atoms with Gasteiger partial charge in [0.1, 0.15) is 5.82 Å². The van der Waals surface area contributed by atoms with Gasteiger partial charge in [0.2, 0.25) is 5.91 Å². The number of amides is 1. The second-order valence-electron chi connectivity index (χ2n) is 8.78. The van der Waals surface area contributed by atoms with Crippen LogP contribution in [0, 0.1) is 0 Å². The molecule has 0 saturated carbocycles. The van der Waals surface area contributed by atoms with Crippen LogP contribution >= 0.6 is 0 Å². The largest absolute Gasteiger partial charge is 0.330 e. The highest BCUT2D eigenvalue weighted by Crippen LogP contribution is 2.19. The average Bonchev–Trinajstić information content (AvgIpc) is 3.21. The van der Waals surface area contributed by atoms with E-state index in [2.05, 4.69) is 22.2 Å². The zero-order chi connectivity index (χ0) is 24.8. The van der Waals surface area contributed by atoms with Crippen molar-refractivity contribution in [3.63, 3.8) is 0 Å². The number of aryl methyl sites for hydroxylation is 3. The minimum atomic E-state index is -0.441. The molecule has 4 aromatic rings. The zero-order valence-corrected chi connectivity index (χ0v) is 20.3. The molecular weight excluding hydrogens is 444 g/mol. The quantitative estimate of drug-likeness (QED) is 0.318. The molecule has 0 fully saturated rings. The first-order valence-electron chi connectivity index (χ1n) is 12.4. The molecule has 0 radical (unpaired) electrons. The molecule has 2 N–H and O–H groups in total. The highest BCUT2D eigenvalue weighted by Gasteiger charge is 2.19. The smallest absolute Gasteiger partial charge is 0.326 e. The number of imidazole rings is 1. The van der Waals surface area contributed by atoms with Gasteiger partial charge >= 0.3 is 5.69 Å². The van der Waals surface area contributed by atoms with Gasteiger partial charge in [0.05, 0.1) is 5.52 Å². The Hall–Kier alpha value is -3.75. The number of benzene rings is 1. The van der Waals surface area contributed by atoms with Crippen LogP contribution in [-0.2, 0) is 24.3 Å². The highest BCUT2D eigenvalue weighted by molar-refractivity contribution is 5.93. The summed E-state index contributed by atoms with van der Waals surface area (Å²) in [5, 5.41) is 3.89. The predicted molar refractivity (Wildman–Crippen MR) is 138 cm³/mol. The lowest BCUT2D eigenvalue weighted by Crippen LogP contribution is -2.31. The van der Waals surface area contributed by atoms with E-state index in [1.807, 2.05) is 41.8 Å². The summed E-state index contributed by atoms with van der Waals surface area (Å²) in [5.41, 5.74) is 1.52. The first-order chi connectivity index (χ1) is 17.0. The Kier molecular flexibility index (Phi) is 7.74. The maximum absolute atomic E-state index is 12.8. The molecule has 0 aliphatic heterocycles. The summed E-state index contributed by atoms with van der Waals surface area (Å²) < 4.78 is 3.43. The summed E-state index contributed by atoms with van der Waals surface area (Å²) in [6.45, 7) is 5.28. The molecule has 0 aliphatic rings. The Morgan fingerprint density at radius 1 is 1.03 bits per heavy atom. The van der Waals surface area contributed by atoms with Gasteiger partial charge in [-0.25, -0.2) is 9.78 Å². The van der Waals surface area contributed by atoms with Crippen molar-refractivity contribution in [1.82, 2.24) is 24.1 Å². The van der Waals surface area contributed by atoms with Crippen molar-refractivity contribution in [3.05, 3.63) is 63.2 Å². The molecule has 0 bridgehead atoms. The molecule has 184 valence electrons. The molecule has 9 nitrogen and oxygen atoms in total. The van der Waals surface area contributed by atoms with Crippen LogP contribution in [0.5, 0.6) is 0 Å². The zero-order valence-electron chi connectivity index (χ0n) is 20.3. The molecule has 9 heteroatoms. The number of nitrogens with one attached hydrogen (secondary N) is 2. The molecule has 3 aromatic heterocycles. The molecule has 0 unspecified atom stereocenters. The average molecular weight is 477 g/mol. The van der Waals surface area contributed by atoms with Crippen molar-refractivity contribution in [2.75, 3.05) is 5.32 Å². The standard InChI is InChI=1S/C26H32N6O3/c1-3-5-7-16-31-21(29-24-23(31)25(34)30-26(35)32(24)15-6-4-2)12-13-22(33)28-19-10-11-20-18(17-19)9-8-14-27-20/h8-11,14,17H,3-7,12-13,15-16H2,1-2H3,(H,28,33)(H,30,34,35). The number of aromatic amines is 1. The second kappa shape index (κ2) is 11.1. The van der Waals surface area contributed by atoms with Crippen molar-refractivity contribution in [2.45, 2.75) is 71.9 Å². The molecule has 0 aliphatic carbocycles. The van der Waals surface area contributed by atoms with E-state index in [1.54, 1.807) is 10.8 Å². The van der Waals surface area contributed by atoms with Gasteiger partial charge < -0.3 is 9.88 Å². The van der Waals surface area contributed by atoms with Crippen LogP contribution in [0.1, 0.15) is 58.2 Å². The minimum absolute atomic E-state index is 0.141. The lowest BCUT2D eigenvalue weighted by atomic mass is 10.2. The van der Waals surface area contributed by atoms with Crippen molar-refractivity contribution < 1.29 is 4.79 Å². The summed E-state index contributed by atoms with van der Waals surface area (Å²) in [6, 6.07) is 9.41. The lowest BCUT2D eigenvalue weighted by molar-refractivity contribution is -0.116. The molecule has 1 amide bonds. The fourth-order valence-corrected chi connectivity index (χ4v) is 4.30. The van der Waals surface area contributed by atoms with Crippen LogP contribution in [-0.4, -0.2) is 30.0 Å². The van der Waals surface area contributed by atoms with Gasteiger partial charge in [-0.15, -0.1) is 0 Å². The first kappa shape index (κ1) is 24.4. The van der Waals surface area contributed by atoms with E-state index in [0.717, 1.165) is 43.0 Å². The third kappa shape index (κ3) is 5.50. The minimum Gasteiger partial charge on any atom is -0.326 e. The van der Waals surface area contributed by atoms with Crippen LogP contribution in [0.4, 0.5) is 5.69 Å². The van der Waals surface area contributed by atoms with Crippen LogP contribution < -0.4 is 16.6 Å². The Balaban J connectivity index is 1.59. The monoisotopic (exact) mass is 476 g/mol. The summed E-state index contributed by atoms with van der Waals surface area (Å²) in [6.07, 6.45) is 6.99.